The Bertz CT molecular complexity index is 1230. The van der Waals surface area contributed by atoms with Crippen LogP contribution in [0.1, 0.15) is 36.6 Å². The molecular weight excluding hydrogens is 360 g/mol. The molecule has 7 heteroatoms. The van der Waals surface area contributed by atoms with Crippen LogP contribution in [0.25, 0.3) is 10.9 Å². The third-order valence-corrected chi connectivity index (χ3v) is 5.74. The Kier molecular flexibility index (Phi) is 4.65. The van der Waals surface area contributed by atoms with E-state index in [0.717, 1.165) is 10.9 Å². The average Bonchev–Trinajstić information content (AvgIpc) is 3.05. The zero-order chi connectivity index (χ0) is 19.8. The van der Waals surface area contributed by atoms with Crippen molar-refractivity contribution >= 4 is 26.6 Å². The lowest BCUT2D eigenvalue weighted by atomic mass is 10.1. The standard InChI is InChI=1S/C20H18N4O2S/c1-13(2)24-12-16(11-22)19-14(3)7-8-18(20(19)24)23-27(25,26)17-6-4-5-15(9-17)10-21/h4-9,12-13,23H,1-3H3. The van der Waals surface area contributed by atoms with Gasteiger partial charge in [0.15, 0.2) is 0 Å². The summed E-state index contributed by atoms with van der Waals surface area (Å²) >= 11 is 0. The van der Waals surface area contributed by atoms with E-state index < -0.39 is 10.0 Å². The summed E-state index contributed by atoms with van der Waals surface area (Å²) in [6, 6.07) is 13.5. The quantitative estimate of drug-likeness (QED) is 0.739. The van der Waals surface area contributed by atoms with Gasteiger partial charge in [-0.3, -0.25) is 4.72 Å². The molecule has 3 aromatic rings. The Balaban J connectivity index is 2.21. The number of nitrogens with zero attached hydrogens (tertiary/aromatic N) is 3. The van der Waals surface area contributed by atoms with Crippen LogP contribution in [0, 0.1) is 29.6 Å². The van der Waals surface area contributed by atoms with E-state index in [1.165, 1.54) is 18.2 Å². The van der Waals surface area contributed by atoms with E-state index in [9.17, 15) is 13.7 Å². The number of sulfonamides is 1. The molecule has 2 aromatic carbocycles. The second-order valence-electron chi connectivity index (χ2n) is 6.55. The second-order valence-corrected chi connectivity index (χ2v) is 8.24. The second kappa shape index (κ2) is 6.79. The number of nitrogens with one attached hydrogen (secondary N) is 1. The summed E-state index contributed by atoms with van der Waals surface area (Å²) in [5.74, 6) is 0. The number of hydrogen-bond acceptors (Lipinski definition) is 4. The molecule has 1 aromatic heterocycles. The molecule has 0 saturated heterocycles. The molecule has 0 unspecified atom stereocenters. The number of hydrogen-bond donors (Lipinski definition) is 1. The highest BCUT2D eigenvalue weighted by molar-refractivity contribution is 7.92. The number of fused-ring (bicyclic) bond motifs is 1. The van der Waals surface area contributed by atoms with Crippen molar-refractivity contribution in [2.24, 2.45) is 0 Å². The first-order valence-corrected chi connectivity index (χ1v) is 9.84. The molecule has 1 heterocycles. The van der Waals surface area contributed by atoms with Gasteiger partial charge in [-0.1, -0.05) is 12.1 Å². The molecule has 1 N–H and O–H groups in total. The molecule has 6 nitrogen and oxygen atoms in total. The number of rotatable bonds is 4. The monoisotopic (exact) mass is 378 g/mol. The Hall–Kier alpha value is -3.29. The first-order valence-electron chi connectivity index (χ1n) is 8.35. The zero-order valence-corrected chi connectivity index (χ0v) is 16.0. The van der Waals surface area contributed by atoms with Gasteiger partial charge in [-0.2, -0.15) is 10.5 Å². The van der Waals surface area contributed by atoms with Crippen molar-refractivity contribution in [3.63, 3.8) is 0 Å². The molecule has 0 aliphatic heterocycles. The van der Waals surface area contributed by atoms with Crippen molar-refractivity contribution in [1.82, 2.24) is 4.57 Å². The molecule has 27 heavy (non-hydrogen) atoms. The zero-order valence-electron chi connectivity index (χ0n) is 15.2. The van der Waals surface area contributed by atoms with Crippen LogP contribution in [-0.4, -0.2) is 13.0 Å². The van der Waals surface area contributed by atoms with E-state index in [1.54, 1.807) is 24.4 Å². The van der Waals surface area contributed by atoms with E-state index in [4.69, 9.17) is 5.26 Å². The summed E-state index contributed by atoms with van der Waals surface area (Å²) in [5, 5.41) is 19.2. The minimum atomic E-state index is -3.89. The van der Waals surface area contributed by atoms with Crippen molar-refractivity contribution in [2.75, 3.05) is 4.72 Å². The van der Waals surface area contributed by atoms with Crippen molar-refractivity contribution in [3.8, 4) is 12.1 Å². The predicted octanol–water partition coefficient (Wildman–Crippen LogP) is 4.07. The SMILES string of the molecule is Cc1ccc(NS(=O)(=O)c2cccc(C#N)c2)c2c1c(C#N)cn2C(C)C. The van der Waals surface area contributed by atoms with Gasteiger partial charge in [-0.05, 0) is 50.6 Å². The molecule has 0 spiro atoms. The maximum absolute atomic E-state index is 12.9. The molecular formula is C20H18N4O2S. The molecule has 0 aliphatic rings. The summed E-state index contributed by atoms with van der Waals surface area (Å²) in [4.78, 5) is 0.0124. The van der Waals surface area contributed by atoms with Gasteiger partial charge in [0.25, 0.3) is 10.0 Å². The van der Waals surface area contributed by atoms with Crippen molar-refractivity contribution in [3.05, 3.63) is 59.3 Å². The van der Waals surface area contributed by atoms with Gasteiger partial charge < -0.3 is 4.57 Å². The lowest BCUT2D eigenvalue weighted by Gasteiger charge is -2.15. The van der Waals surface area contributed by atoms with E-state index in [2.05, 4.69) is 10.8 Å². The number of aryl methyl sites for hydroxylation is 1. The van der Waals surface area contributed by atoms with Crippen LogP contribution >= 0.6 is 0 Å². The Morgan fingerprint density at radius 3 is 2.48 bits per heavy atom. The van der Waals surface area contributed by atoms with Gasteiger partial charge in [-0.25, -0.2) is 8.42 Å². The number of anilines is 1. The first kappa shape index (κ1) is 18.5. The number of aromatic nitrogens is 1. The summed E-state index contributed by atoms with van der Waals surface area (Å²) in [6.45, 7) is 5.83. The van der Waals surface area contributed by atoms with Gasteiger partial charge in [0.05, 0.1) is 33.3 Å². The van der Waals surface area contributed by atoms with E-state index in [-0.39, 0.29) is 16.5 Å². The lowest BCUT2D eigenvalue weighted by Crippen LogP contribution is -2.14. The third kappa shape index (κ3) is 3.25. The highest BCUT2D eigenvalue weighted by atomic mass is 32.2. The third-order valence-electron chi connectivity index (χ3n) is 4.38. The van der Waals surface area contributed by atoms with Crippen LogP contribution in [0.2, 0.25) is 0 Å². The molecule has 136 valence electrons. The Morgan fingerprint density at radius 2 is 1.85 bits per heavy atom. The molecule has 3 rings (SSSR count). The Morgan fingerprint density at radius 1 is 1.11 bits per heavy atom. The van der Waals surface area contributed by atoms with Crippen LogP contribution < -0.4 is 4.72 Å². The fraction of sp³-hybridized carbons (Fsp3) is 0.200. The van der Waals surface area contributed by atoms with Gasteiger partial charge >= 0.3 is 0 Å². The van der Waals surface area contributed by atoms with Crippen molar-refractivity contribution in [2.45, 2.75) is 31.7 Å². The molecule has 0 atom stereocenters. The maximum atomic E-state index is 12.9. The Labute approximate surface area is 158 Å². The molecule has 0 radical (unpaired) electrons. The van der Waals surface area contributed by atoms with Crippen LogP contribution in [0.4, 0.5) is 5.69 Å². The molecule has 0 aliphatic carbocycles. The average molecular weight is 378 g/mol. The van der Waals surface area contributed by atoms with Crippen molar-refractivity contribution < 1.29 is 8.42 Å². The largest absolute Gasteiger partial charge is 0.342 e. The van der Waals surface area contributed by atoms with E-state index in [1.807, 2.05) is 31.4 Å². The van der Waals surface area contributed by atoms with Gasteiger partial charge in [0, 0.05) is 17.6 Å². The maximum Gasteiger partial charge on any atom is 0.262 e. The smallest absolute Gasteiger partial charge is 0.262 e. The molecule has 0 bridgehead atoms. The molecule has 0 fully saturated rings. The number of nitriles is 2. The van der Waals surface area contributed by atoms with Crippen LogP contribution in [0.3, 0.4) is 0 Å². The minimum Gasteiger partial charge on any atom is -0.342 e. The van der Waals surface area contributed by atoms with Crippen LogP contribution in [0.15, 0.2) is 47.5 Å². The topological polar surface area (TPSA) is 98.7 Å². The molecule has 0 amide bonds. The van der Waals surface area contributed by atoms with Gasteiger partial charge in [-0.15, -0.1) is 0 Å². The first-order chi connectivity index (χ1) is 12.8. The molecule has 0 saturated carbocycles. The van der Waals surface area contributed by atoms with E-state index in [0.29, 0.717) is 16.8 Å². The summed E-state index contributed by atoms with van der Waals surface area (Å²) in [7, 11) is -3.89. The summed E-state index contributed by atoms with van der Waals surface area (Å²) in [6.07, 6.45) is 1.75. The van der Waals surface area contributed by atoms with Gasteiger partial charge in [0.2, 0.25) is 0 Å². The highest BCUT2D eigenvalue weighted by Gasteiger charge is 2.21. The van der Waals surface area contributed by atoms with E-state index >= 15 is 0 Å². The van der Waals surface area contributed by atoms with Crippen LogP contribution in [-0.2, 0) is 10.0 Å². The van der Waals surface area contributed by atoms with Crippen molar-refractivity contribution in [1.29, 1.82) is 10.5 Å². The highest BCUT2D eigenvalue weighted by Crippen LogP contribution is 2.34. The normalized spacial score (nSPS) is 11.3. The lowest BCUT2D eigenvalue weighted by molar-refractivity contribution is 0.600. The number of benzene rings is 2. The summed E-state index contributed by atoms with van der Waals surface area (Å²) in [5.41, 5.74) is 2.73. The van der Waals surface area contributed by atoms with Crippen LogP contribution in [0.5, 0.6) is 0 Å². The summed E-state index contributed by atoms with van der Waals surface area (Å²) < 4.78 is 30.2. The minimum absolute atomic E-state index is 0.0124. The fourth-order valence-electron chi connectivity index (χ4n) is 3.08. The predicted molar refractivity (Wildman–Crippen MR) is 104 cm³/mol. The fourth-order valence-corrected chi connectivity index (χ4v) is 4.19. The van der Waals surface area contributed by atoms with Gasteiger partial charge in [0.1, 0.15) is 6.07 Å².